The van der Waals surface area contributed by atoms with E-state index < -0.39 is 0 Å². The van der Waals surface area contributed by atoms with Gasteiger partial charge in [0.1, 0.15) is 0 Å². The third-order valence-corrected chi connectivity index (χ3v) is 4.93. The lowest BCUT2D eigenvalue weighted by molar-refractivity contribution is 0.0995. The van der Waals surface area contributed by atoms with E-state index in [2.05, 4.69) is 61.2 Å². The Bertz CT molecular complexity index is 384. The summed E-state index contributed by atoms with van der Waals surface area (Å²) < 4.78 is 0. The van der Waals surface area contributed by atoms with E-state index in [0.717, 1.165) is 6.54 Å². The molecule has 1 heterocycles. The van der Waals surface area contributed by atoms with Gasteiger partial charge in [-0.2, -0.15) is 0 Å². The molecule has 0 amide bonds. The molecule has 1 aliphatic heterocycles. The highest BCUT2D eigenvalue weighted by molar-refractivity contribution is 5.20. The molecule has 2 N–H and O–H groups in total. The minimum Gasteiger partial charge on any atom is -0.329 e. The molecule has 0 saturated carbocycles. The van der Waals surface area contributed by atoms with E-state index in [4.69, 9.17) is 5.73 Å². The van der Waals surface area contributed by atoms with Gasteiger partial charge in [0.25, 0.3) is 0 Å². The van der Waals surface area contributed by atoms with Crippen LogP contribution in [-0.4, -0.2) is 55.6 Å². The molecule has 0 aliphatic carbocycles. The number of likely N-dealkylation sites (N-methyl/N-ethyl adjacent to an activating group) is 1. The molecule has 2 rings (SSSR count). The number of nitrogens with zero attached hydrogens (tertiary/aromatic N) is 2. The van der Waals surface area contributed by atoms with Gasteiger partial charge < -0.3 is 10.6 Å². The van der Waals surface area contributed by atoms with Crippen LogP contribution in [0.25, 0.3) is 0 Å². The van der Waals surface area contributed by atoms with Crippen molar-refractivity contribution in [1.29, 1.82) is 0 Å². The monoisotopic (exact) mass is 275 g/mol. The number of nitrogens with two attached hydrogens (primary N) is 1. The first-order chi connectivity index (χ1) is 9.63. The summed E-state index contributed by atoms with van der Waals surface area (Å²) in [5.74, 6) is 0.478. The van der Waals surface area contributed by atoms with Gasteiger partial charge in [-0.15, -0.1) is 0 Å². The average molecular weight is 275 g/mol. The molecule has 1 aliphatic rings. The van der Waals surface area contributed by atoms with Crippen LogP contribution in [0.15, 0.2) is 30.3 Å². The smallest absolute Gasteiger partial charge is 0.0284 e. The van der Waals surface area contributed by atoms with Crippen molar-refractivity contribution in [3.63, 3.8) is 0 Å². The van der Waals surface area contributed by atoms with Crippen LogP contribution >= 0.6 is 0 Å². The van der Waals surface area contributed by atoms with Gasteiger partial charge in [0, 0.05) is 18.6 Å². The number of rotatable bonds is 5. The molecular weight excluding hydrogens is 246 g/mol. The van der Waals surface area contributed by atoms with Crippen LogP contribution in [0.5, 0.6) is 0 Å². The summed E-state index contributed by atoms with van der Waals surface area (Å²) in [7, 11) is 4.47. The van der Waals surface area contributed by atoms with E-state index in [0.29, 0.717) is 18.0 Å². The van der Waals surface area contributed by atoms with Crippen molar-refractivity contribution in [2.75, 3.05) is 33.7 Å². The largest absolute Gasteiger partial charge is 0.329 e. The Hall–Kier alpha value is -0.900. The Morgan fingerprint density at radius 1 is 1.25 bits per heavy atom. The maximum Gasteiger partial charge on any atom is 0.0284 e. The number of piperidine rings is 1. The molecule has 3 nitrogen and oxygen atoms in total. The fourth-order valence-corrected chi connectivity index (χ4v) is 3.37. The Morgan fingerprint density at radius 2 is 1.85 bits per heavy atom. The molecule has 20 heavy (non-hydrogen) atoms. The summed E-state index contributed by atoms with van der Waals surface area (Å²) >= 11 is 0. The van der Waals surface area contributed by atoms with Crippen molar-refractivity contribution in [1.82, 2.24) is 9.80 Å². The molecule has 1 fully saturated rings. The Kier molecular flexibility index (Phi) is 5.58. The number of benzene rings is 1. The molecule has 112 valence electrons. The van der Waals surface area contributed by atoms with E-state index in [-0.39, 0.29) is 0 Å². The Balaban J connectivity index is 2.03. The second-order valence-electron chi connectivity index (χ2n) is 6.20. The molecule has 0 aromatic heterocycles. The zero-order valence-corrected chi connectivity index (χ0v) is 13.1. The van der Waals surface area contributed by atoms with Crippen LogP contribution in [0.2, 0.25) is 0 Å². The highest BCUT2D eigenvalue weighted by atomic mass is 15.2. The van der Waals surface area contributed by atoms with Crippen LogP contribution in [-0.2, 0) is 0 Å². The van der Waals surface area contributed by atoms with Crippen molar-refractivity contribution in [3.05, 3.63) is 35.9 Å². The van der Waals surface area contributed by atoms with Crippen LogP contribution < -0.4 is 5.73 Å². The predicted molar refractivity (Wildman–Crippen MR) is 86.0 cm³/mol. The number of hydrogen-bond acceptors (Lipinski definition) is 3. The summed E-state index contributed by atoms with van der Waals surface area (Å²) in [5, 5.41) is 0. The molecule has 0 radical (unpaired) electrons. The number of likely N-dealkylation sites (tertiary alicyclic amines) is 1. The average Bonchev–Trinajstić information content (AvgIpc) is 2.49. The summed E-state index contributed by atoms with van der Waals surface area (Å²) in [6, 6.07) is 11.8. The first kappa shape index (κ1) is 15.5. The maximum atomic E-state index is 6.09. The van der Waals surface area contributed by atoms with Crippen LogP contribution in [0.1, 0.15) is 31.2 Å². The third-order valence-electron chi connectivity index (χ3n) is 4.93. The predicted octanol–water partition coefficient (Wildman–Crippen LogP) is 2.14. The van der Waals surface area contributed by atoms with Gasteiger partial charge in [0.2, 0.25) is 0 Å². The van der Waals surface area contributed by atoms with Crippen LogP contribution in [0.3, 0.4) is 0 Å². The quantitative estimate of drug-likeness (QED) is 0.893. The van der Waals surface area contributed by atoms with Gasteiger partial charge in [-0.3, -0.25) is 4.90 Å². The normalized spacial score (nSPS) is 21.1. The van der Waals surface area contributed by atoms with Gasteiger partial charge in [0.05, 0.1) is 0 Å². The Morgan fingerprint density at radius 3 is 2.40 bits per heavy atom. The van der Waals surface area contributed by atoms with Gasteiger partial charge in [0.15, 0.2) is 0 Å². The molecule has 0 spiro atoms. The standard InChI is InChI=1S/C17H29N3/c1-14(15-7-5-4-6-8-15)17(13-18)20(3)16-9-11-19(2)12-10-16/h4-8,14,16-17H,9-13,18H2,1-3H3. The molecule has 1 aromatic rings. The lowest BCUT2D eigenvalue weighted by Crippen LogP contribution is -2.50. The minimum absolute atomic E-state index is 0.422. The summed E-state index contributed by atoms with van der Waals surface area (Å²) in [5.41, 5.74) is 7.49. The first-order valence-corrected chi connectivity index (χ1v) is 7.79. The highest BCUT2D eigenvalue weighted by Gasteiger charge is 2.28. The van der Waals surface area contributed by atoms with Crippen molar-refractivity contribution >= 4 is 0 Å². The second kappa shape index (κ2) is 7.21. The molecule has 2 atom stereocenters. The minimum atomic E-state index is 0.422. The van der Waals surface area contributed by atoms with Crippen molar-refractivity contribution in [2.45, 2.75) is 37.8 Å². The van der Waals surface area contributed by atoms with E-state index in [1.807, 2.05) is 0 Å². The van der Waals surface area contributed by atoms with E-state index in [1.54, 1.807) is 0 Å². The lowest BCUT2D eigenvalue weighted by Gasteiger charge is -2.41. The van der Waals surface area contributed by atoms with Gasteiger partial charge in [-0.25, -0.2) is 0 Å². The fraction of sp³-hybridized carbons (Fsp3) is 0.647. The van der Waals surface area contributed by atoms with Crippen LogP contribution in [0, 0.1) is 0 Å². The zero-order valence-electron chi connectivity index (χ0n) is 13.1. The molecule has 0 bridgehead atoms. The first-order valence-electron chi connectivity index (χ1n) is 7.79. The van der Waals surface area contributed by atoms with E-state index in [9.17, 15) is 0 Å². The highest BCUT2D eigenvalue weighted by Crippen LogP contribution is 2.25. The second-order valence-corrected chi connectivity index (χ2v) is 6.20. The maximum absolute atomic E-state index is 6.09. The lowest BCUT2D eigenvalue weighted by atomic mass is 9.90. The van der Waals surface area contributed by atoms with Gasteiger partial charge in [-0.05, 0) is 51.5 Å². The molecule has 2 unspecified atom stereocenters. The van der Waals surface area contributed by atoms with Gasteiger partial charge >= 0.3 is 0 Å². The van der Waals surface area contributed by atoms with Gasteiger partial charge in [-0.1, -0.05) is 37.3 Å². The third kappa shape index (κ3) is 3.60. The van der Waals surface area contributed by atoms with E-state index in [1.165, 1.54) is 31.5 Å². The van der Waals surface area contributed by atoms with Crippen molar-refractivity contribution in [2.24, 2.45) is 5.73 Å². The zero-order chi connectivity index (χ0) is 14.5. The van der Waals surface area contributed by atoms with Crippen molar-refractivity contribution < 1.29 is 0 Å². The van der Waals surface area contributed by atoms with E-state index >= 15 is 0 Å². The fourth-order valence-electron chi connectivity index (χ4n) is 3.37. The molecular formula is C17H29N3. The van der Waals surface area contributed by atoms with Crippen LogP contribution in [0.4, 0.5) is 0 Å². The molecule has 1 aromatic carbocycles. The summed E-state index contributed by atoms with van der Waals surface area (Å²) in [6.07, 6.45) is 2.51. The van der Waals surface area contributed by atoms with Crippen molar-refractivity contribution in [3.8, 4) is 0 Å². The Labute approximate surface area is 123 Å². The molecule has 1 saturated heterocycles. The SMILES string of the molecule is CC(c1ccccc1)C(CN)N(C)C1CCN(C)CC1. The summed E-state index contributed by atoms with van der Waals surface area (Å²) in [6.45, 7) is 5.43. The topological polar surface area (TPSA) is 32.5 Å². The summed E-state index contributed by atoms with van der Waals surface area (Å²) in [4.78, 5) is 4.95. The number of hydrogen-bond donors (Lipinski definition) is 1. The molecule has 3 heteroatoms.